The molecule has 2 aliphatic rings. The Morgan fingerprint density at radius 3 is 2.77 bits per heavy atom. The van der Waals surface area contributed by atoms with Crippen LogP contribution in [-0.4, -0.2) is 60.7 Å². The molecule has 0 radical (unpaired) electrons. The lowest BCUT2D eigenvalue weighted by Crippen LogP contribution is -2.48. The molecule has 26 heavy (non-hydrogen) atoms. The van der Waals surface area contributed by atoms with E-state index < -0.39 is 11.8 Å². The Bertz CT molecular complexity index is 715. The molecular weight excluding hydrogens is 358 g/mol. The number of amidine groups is 1. The van der Waals surface area contributed by atoms with Crippen LogP contribution in [0.4, 0.5) is 0 Å². The highest BCUT2D eigenvalue weighted by Gasteiger charge is 2.52. The Labute approximate surface area is 155 Å². The van der Waals surface area contributed by atoms with Crippen LogP contribution in [0, 0.1) is 5.41 Å². The van der Waals surface area contributed by atoms with E-state index in [9.17, 15) is 9.59 Å². The Hall–Kier alpha value is -2.01. The lowest BCUT2D eigenvalue weighted by atomic mass is 10.1. The van der Waals surface area contributed by atoms with Crippen molar-refractivity contribution in [2.24, 2.45) is 11.5 Å². The predicted molar refractivity (Wildman–Crippen MR) is 95.7 cm³/mol. The third kappa shape index (κ3) is 3.58. The van der Waals surface area contributed by atoms with Gasteiger partial charge in [-0.2, -0.15) is 0 Å². The van der Waals surface area contributed by atoms with E-state index in [1.165, 1.54) is 16.2 Å². The SMILES string of the molecule is C[C@@H](NC(=O)[C@@H]1CC2(CN1C(=O)CN)OCCO2)c1cc(C(=N)N)cs1. The number of thiophene rings is 1. The van der Waals surface area contributed by atoms with E-state index in [4.69, 9.17) is 26.4 Å². The molecule has 3 heterocycles. The monoisotopic (exact) mass is 381 g/mol. The minimum atomic E-state index is -0.916. The summed E-state index contributed by atoms with van der Waals surface area (Å²) in [6.45, 7) is 2.75. The maximum absolute atomic E-state index is 12.8. The Morgan fingerprint density at radius 1 is 1.50 bits per heavy atom. The van der Waals surface area contributed by atoms with E-state index in [2.05, 4.69) is 5.32 Å². The largest absolute Gasteiger partial charge is 0.384 e. The Balaban J connectivity index is 1.71. The first kappa shape index (κ1) is 18.8. The molecule has 0 aromatic carbocycles. The second-order valence-electron chi connectivity index (χ2n) is 6.43. The number of nitrogens with zero attached hydrogens (tertiary/aromatic N) is 1. The Morgan fingerprint density at radius 2 is 2.19 bits per heavy atom. The zero-order chi connectivity index (χ0) is 18.9. The second kappa shape index (κ2) is 7.31. The summed E-state index contributed by atoms with van der Waals surface area (Å²) in [4.78, 5) is 27.3. The van der Waals surface area contributed by atoms with Gasteiger partial charge in [-0.05, 0) is 13.0 Å². The molecule has 0 bridgehead atoms. The molecule has 0 saturated carbocycles. The fraction of sp³-hybridized carbons (Fsp3) is 0.562. The number of rotatable bonds is 5. The lowest BCUT2D eigenvalue weighted by Gasteiger charge is -2.24. The summed E-state index contributed by atoms with van der Waals surface area (Å²) in [7, 11) is 0. The zero-order valence-electron chi connectivity index (χ0n) is 14.5. The van der Waals surface area contributed by atoms with Crippen LogP contribution in [-0.2, 0) is 19.1 Å². The Kier molecular flexibility index (Phi) is 5.28. The van der Waals surface area contributed by atoms with Crippen molar-refractivity contribution < 1.29 is 19.1 Å². The van der Waals surface area contributed by atoms with Gasteiger partial charge in [-0.25, -0.2) is 0 Å². The molecule has 2 amide bonds. The number of nitrogens with one attached hydrogen (secondary N) is 2. The minimum absolute atomic E-state index is 0.0148. The lowest BCUT2D eigenvalue weighted by molar-refractivity contribution is -0.151. The van der Waals surface area contributed by atoms with Gasteiger partial charge in [-0.15, -0.1) is 11.3 Å². The van der Waals surface area contributed by atoms with Gasteiger partial charge >= 0.3 is 0 Å². The number of hydrogen-bond acceptors (Lipinski definition) is 7. The standard InChI is InChI=1S/C16H23N5O4S/c1-9(12-4-10(7-26-12)14(18)19)20-15(23)11-5-16(24-2-3-25-16)8-21(11)13(22)6-17/h4,7,9,11H,2-3,5-6,8,17H2,1H3,(H3,18,19)(H,20,23)/t9-,11+/m1/s1. The third-order valence-corrected chi connectivity index (χ3v) is 5.73. The molecule has 6 N–H and O–H groups in total. The van der Waals surface area contributed by atoms with Crippen molar-refractivity contribution in [1.82, 2.24) is 10.2 Å². The van der Waals surface area contributed by atoms with Gasteiger partial charge < -0.3 is 31.2 Å². The number of amides is 2. The van der Waals surface area contributed by atoms with E-state index in [0.29, 0.717) is 18.8 Å². The van der Waals surface area contributed by atoms with Crippen LogP contribution in [0.25, 0.3) is 0 Å². The van der Waals surface area contributed by atoms with Crippen LogP contribution in [0.15, 0.2) is 11.4 Å². The highest BCUT2D eigenvalue weighted by Crippen LogP contribution is 2.35. The quantitative estimate of drug-likeness (QED) is 0.400. The molecule has 9 nitrogen and oxygen atoms in total. The number of carbonyl (C=O) groups excluding carboxylic acids is 2. The van der Waals surface area contributed by atoms with Crippen molar-refractivity contribution in [3.63, 3.8) is 0 Å². The van der Waals surface area contributed by atoms with Gasteiger partial charge in [0.1, 0.15) is 11.9 Å². The van der Waals surface area contributed by atoms with E-state index in [1.54, 1.807) is 11.4 Å². The van der Waals surface area contributed by atoms with E-state index in [1.807, 2.05) is 6.92 Å². The van der Waals surface area contributed by atoms with Gasteiger partial charge in [0.2, 0.25) is 11.8 Å². The van der Waals surface area contributed by atoms with Gasteiger partial charge in [0, 0.05) is 22.2 Å². The number of nitrogens with two attached hydrogens (primary N) is 2. The number of carbonyl (C=O) groups is 2. The van der Waals surface area contributed by atoms with Crippen LogP contribution in [0.3, 0.4) is 0 Å². The van der Waals surface area contributed by atoms with Crippen molar-refractivity contribution in [3.05, 3.63) is 21.9 Å². The van der Waals surface area contributed by atoms with Crippen LogP contribution in [0.2, 0.25) is 0 Å². The molecule has 2 saturated heterocycles. The smallest absolute Gasteiger partial charge is 0.243 e. The summed E-state index contributed by atoms with van der Waals surface area (Å²) >= 11 is 1.42. The molecule has 1 aromatic heterocycles. The fourth-order valence-electron chi connectivity index (χ4n) is 3.26. The normalized spacial score (nSPS) is 22.5. The summed E-state index contributed by atoms with van der Waals surface area (Å²) in [5, 5.41) is 12.2. The maximum atomic E-state index is 12.8. The third-order valence-electron chi connectivity index (χ3n) is 4.62. The van der Waals surface area contributed by atoms with E-state index in [-0.39, 0.29) is 43.2 Å². The molecule has 3 rings (SSSR count). The average molecular weight is 381 g/mol. The number of ether oxygens (including phenoxy) is 2. The van der Waals surface area contributed by atoms with Crippen LogP contribution >= 0.6 is 11.3 Å². The van der Waals surface area contributed by atoms with Crippen LogP contribution < -0.4 is 16.8 Å². The van der Waals surface area contributed by atoms with Crippen LogP contribution in [0.1, 0.15) is 29.8 Å². The summed E-state index contributed by atoms with van der Waals surface area (Å²) < 4.78 is 11.3. The fourth-order valence-corrected chi connectivity index (χ4v) is 4.18. The van der Waals surface area contributed by atoms with Crippen molar-refractivity contribution >= 4 is 29.0 Å². The maximum Gasteiger partial charge on any atom is 0.243 e. The summed E-state index contributed by atoms with van der Waals surface area (Å²) in [5.74, 6) is -1.53. The topological polar surface area (TPSA) is 144 Å². The summed E-state index contributed by atoms with van der Waals surface area (Å²) in [6, 6.07) is 0.802. The first-order chi connectivity index (χ1) is 12.3. The number of hydrogen-bond donors (Lipinski definition) is 4. The first-order valence-electron chi connectivity index (χ1n) is 8.36. The molecule has 142 valence electrons. The van der Waals surface area contributed by atoms with Crippen molar-refractivity contribution in [1.29, 1.82) is 5.41 Å². The zero-order valence-corrected chi connectivity index (χ0v) is 15.3. The number of likely N-dealkylation sites (tertiary alicyclic amines) is 1. The minimum Gasteiger partial charge on any atom is -0.384 e. The number of nitrogen functional groups attached to an aromatic ring is 1. The van der Waals surface area contributed by atoms with Crippen molar-refractivity contribution in [2.75, 3.05) is 26.3 Å². The van der Waals surface area contributed by atoms with Gasteiger partial charge in [0.15, 0.2) is 5.79 Å². The van der Waals surface area contributed by atoms with E-state index >= 15 is 0 Å². The summed E-state index contributed by atoms with van der Waals surface area (Å²) in [5.41, 5.74) is 11.6. The molecule has 2 atom stereocenters. The van der Waals surface area contributed by atoms with Gasteiger partial charge in [0.25, 0.3) is 0 Å². The molecule has 10 heteroatoms. The molecule has 0 aliphatic carbocycles. The molecule has 1 aromatic rings. The van der Waals surface area contributed by atoms with Gasteiger partial charge in [-0.3, -0.25) is 15.0 Å². The first-order valence-corrected chi connectivity index (χ1v) is 9.24. The van der Waals surface area contributed by atoms with Gasteiger partial charge in [0.05, 0.1) is 32.3 Å². The predicted octanol–water partition coefficient (Wildman–Crippen LogP) is -0.488. The highest BCUT2D eigenvalue weighted by molar-refractivity contribution is 7.10. The highest BCUT2D eigenvalue weighted by atomic mass is 32.1. The van der Waals surface area contributed by atoms with Crippen molar-refractivity contribution in [2.45, 2.75) is 31.2 Å². The molecule has 2 aliphatic heterocycles. The molecule has 2 fully saturated rings. The average Bonchev–Trinajstić information content (AvgIpc) is 3.34. The summed E-state index contributed by atoms with van der Waals surface area (Å²) in [6.07, 6.45) is 0.278. The van der Waals surface area contributed by atoms with E-state index in [0.717, 1.165) is 4.88 Å². The van der Waals surface area contributed by atoms with Crippen LogP contribution in [0.5, 0.6) is 0 Å². The molecule has 1 spiro atoms. The second-order valence-corrected chi connectivity index (χ2v) is 7.38. The molecular formula is C16H23N5O4S. The van der Waals surface area contributed by atoms with Gasteiger partial charge in [-0.1, -0.05) is 0 Å². The van der Waals surface area contributed by atoms with Crippen molar-refractivity contribution in [3.8, 4) is 0 Å². The molecule has 0 unspecified atom stereocenters.